The highest BCUT2D eigenvalue weighted by Crippen LogP contribution is 2.03. The first-order chi connectivity index (χ1) is 8.08. The summed E-state index contributed by atoms with van der Waals surface area (Å²) in [7, 11) is 0. The Morgan fingerprint density at radius 1 is 1.53 bits per heavy atom. The van der Waals surface area contributed by atoms with Crippen molar-refractivity contribution in [3.63, 3.8) is 0 Å². The summed E-state index contributed by atoms with van der Waals surface area (Å²) in [6.45, 7) is 1.83. The smallest absolute Gasteiger partial charge is 0.313 e. The predicted octanol–water partition coefficient (Wildman–Crippen LogP) is 0.382. The number of H-pyrrole nitrogens is 1. The first-order valence-electron chi connectivity index (χ1n) is 4.90. The number of hydrogen-bond acceptors (Lipinski definition) is 5. The largest absolute Gasteiger partial charge is 0.466 e. The summed E-state index contributed by atoms with van der Waals surface area (Å²) in [5.74, 6) is -1.14. The number of aromatic amines is 1. The first-order valence-corrected chi connectivity index (χ1v) is 4.90. The second kappa shape index (κ2) is 5.61. The Balaban J connectivity index is 2.87. The molecule has 0 saturated carbocycles. The van der Waals surface area contributed by atoms with Crippen LogP contribution in [0.25, 0.3) is 0 Å². The van der Waals surface area contributed by atoms with Gasteiger partial charge in [0.1, 0.15) is 18.1 Å². The van der Waals surface area contributed by atoms with E-state index in [1.54, 1.807) is 13.0 Å². The minimum Gasteiger partial charge on any atom is -0.466 e. The van der Waals surface area contributed by atoms with Crippen molar-refractivity contribution >= 4 is 11.8 Å². The highest BCUT2D eigenvalue weighted by Gasteiger charge is 2.14. The third kappa shape index (κ3) is 3.28. The average molecular weight is 234 g/mol. The van der Waals surface area contributed by atoms with Crippen LogP contribution in [0.5, 0.6) is 0 Å². The molecule has 1 aromatic rings. The molecule has 1 rings (SSSR count). The van der Waals surface area contributed by atoms with E-state index in [2.05, 4.69) is 9.72 Å². The first kappa shape index (κ1) is 12.6. The number of ether oxygens (including phenoxy) is 1. The Morgan fingerprint density at radius 3 is 2.82 bits per heavy atom. The van der Waals surface area contributed by atoms with Crippen LogP contribution in [-0.4, -0.2) is 23.3 Å². The molecule has 0 fully saturated rings. The number of aromatic nitrogens is 1. The molecule has 0 unspecified atom stereocenters. The van der Waals surface area contributed by atoms with Gasteiger partial charge in [-0.05, 0) is 13.0 Å². The molecule has 88 valence electrons. The van der Waals surface area contributed by atoms with Gasteiger partial charge in [-0.25, -0.2) is 0 Å². The molecule has 0 radical (unpaired) electrons. The number of carbonyl (C=O) groups excluding carboxylic acids is 2. The molecule has 6 heteroatoms. The number of Topliss-reactive ketones (excluding diaryl/α,β-unsaturated/α-hetero) is 1. The zero-order chi connectivity index (χ0) is 12.8. The molecule has 0 aliphatic rings. The quantitative estimate of drug-likeness (QED) is 0.461. The lowest BCUT2D eigenvalue weighted by Gasteiger charge is -2.01. The standard InChI is InChI=1S/C11H10N2O4/c1-2-17-10(15)4-9(14)8-3-7(5-12)11(16)13-6-8/h3,6H,2,4H2,1H3,(H,13,16). The lowest BCUT2D eigenvalue weighted by molar-refractivity contribution is -0.141. The molecule has 17 heavy (non-hydrogen) atoms. The molecule has 6 nitrogen and oxygen atoms in total. The number of ketones is 1. The fraction of sp³-hybridized carbons (Fsp3) is 0.273. The molecular weight excluding hydrogens is 224 g/mol. The number of rotatable bonds is 4. The van der Waals surface area contributed by atoms with E-state index in [0.717, 1.165) is 6.07 Å². The van der Waals surface area contributed by atoms with Gasteiger partial charge in [0.25, 0.3) is 5.56 Å². The molecular formula is C11H10N2O4. The zero-order valence-corrected chi connectivity index (χ0v) is 9.15. The van der Waals surface area contributed by atoms with Gasteiger partial charge in [0, 0.05) is 11.8 Å². The molecule has 1 heterocycles. The van der Waals surface area contributed by atoms with Crippen molar-refractivity contribution in [2.45, 2.75) is 13.3 Å². The number of nitrogens with one attached hydrogen (secondary N) is 1. The minimum atomic E-state index is -0.637. The van der Waals surface area contributed by atoms with Crippen LogP contribution in [0.15, 0.2) is 17.1 Å². The second-order valence-electron chi connectivity index (χ2n) is 3.15. The highest BCUT2D eigenvalue weighted by atomic mass is 16.5. The molecule has 0 amide bonds. The Labute approximate surface area is 96.8 Å². The van der Waals surface area contributed by atoms with Crippen LogP contribution in [0.4, 0.5) is 0 Å². The SMILES string of the molecule is CCOC(=O)CC(=O)c1c[nH]c(=O)c(C#N)c1. The van der Waals surface area contributed by atoms with Crippen LogP contribution in [0.2, 0.25) is 0 Å². The average Bonchev–Trinajstić information content (AvgIpc) is 2.29. The Kier molecular flexibility index (Phi) is 4.17. The van der Waals surface area contributed by atoms with Crippen molar-refractivity contribution in [2.75, 3.05) is 6.61 Å². The summed E-state index contributed by atoms with van der Waals surface area (Å²) < 4.78 is 4.62. The molecule has 1 N–H and O–H groups in total. The number of esters is 1. The number of nitrogens with zero attached hydrogens (tertiary/aromatic N) is 1. The topological polar surface area (TPSA) is 100 Å². The molecule has 1 aromatic heterocycles. The summed E-state index contributed by atoms with van der Waals surface area (Å²) in [5, 5.41) is 8.62. The van der Waals surface area contributed by atoms with Crippen molar-refractivity contribution in [1.82, 2.24) is 4.98 Å². The van der Waals surface area contributed by atoms with Crippen LogP contribution < -0.4 is 5.56 Å². The van der Waals surface area contributed by atoms with Crippen LogP contribution in [0.3, 0.4) is 0 Å². The maximum Gasteiger partial charge on any atom is 0.313 e. The fourth-order valence-electron chi connectivity index (χ4n) is 1.17. The summed E-state index contributed by atoms with van der Waals surface area (Å²) in [5.41, 5.74) is -0.630. The van der Waals surface area contributed by atoms with Crippen LogP contribution in [-0.2, 0) is 9.53 Å². The zero-order valence-electron chi connectivity index (χ0n) is 9.15. The molecule has 0 aliphatic heterocycles. The van der Waals surface area contributed by atoms with Gasteiger partial charge >= 0.3 is 5.97 Å². The van der Waals surface area contributed by atoms with E-state index in [4.69, 9.17) is 5.26 Å². The maximum absolute atomic E-state index is 11.6. The summed E-state index contributed by atoms with van der Waals surface area (Å²) >= 11 is 0. The van der Waals surface area contributed by atoms with Gasteiger partial charge < -0.3 is 9.72 Å². The van der Waals surface area contributed by atoms with Crippen molar-refractivity contribution < 1.29 is 14.3 Å². The van der Waals surface area contributed by atoms with Gasteiger partial charge in [-0.1, -0.05) is 0 Å². The fourth-order valence-corrected chi connectivity index (χ4v) is 1.17. The van der Waals surface area contributed by atoms with Gasteiger partial charge in [0.2, 0.25) is 0 Å². The minimum absolute atomic E-state index is 0.106. The number of carbonyl (C=O) groups is 2. The molecule has 0 atom stereocenters. The lowest BCUT2D eigenvalue weighted by atomic mass is 10.1. The van der Waals surface area contributed by atoms with Gasteiger partial charge in [-0.3, -0.25) is 14.4 Å². The normalized spacial score (nSPS) is 9.41. The molecule has 0 spiro atoms. The van der Waals surface area contributed by atoms with Crippen LogP contribution in [0, 0.1) is 11.3 Å². The van der Waals surface area contributed by atoms with E-state index in [9.17, 15) is 14.4 Å². The van der Waals surface area contributed by atoms with Gasteiger partial charge in [0.15, 0.2) is 5.78 Å². The number of hydrogen-bond donors (Lipinski definition) is 1. The third-order valence-electron chi connectivity index (χ3n) is 1.96. The molecule has 0 aliphatic carbocycles. The van der Waals surface area contributed by atoms with Gasteiger partial charge in [0.05, 0.1) is 6.61 Å². The molecule has 0 bridgehead atoms. The summed E-state index contributed by atoms with van der Waals surface area (Å²) in [6.07, 6.45) is 0.759. The van der Waals surface area contributed by atoms with Crippen LogP contribution in [0.1, 0.15) is 29.3 Å². The van der Waals surface area contributed by atoms with Gasteiger partial charge in [-0.15, -0.1) is 0 Å². The van der Waals surface area contributed by atoms with Crippen molar-refractivity contribution in [3.05, 3.63) is 33.7 Å². The number of nitriles is 1. The summed E-state index contributed by atoms with van der Waals surface area (Å²) in [6, 6.07) is 2.81. The predicted molar refractivity (Wildman–Crippen MR) is 57.4 cm³/mol. The van der Waals surface area contributed by atoms with Crippen molar-refractivity contribution in [1.29, 1.82) is 5.26 Å². The Morgan fingerprint density at radius 2 is 2.24 bits per heavy atom. The van der Waals surface area contributed by atoms with Gasteiger partial charge in [-0.2, -0.15) is 5.26 Å². The number of pyridine rings is 1. The van der Waals surface area contributed by atoms with E-state index in [1.165, 1.54) is 6.20 Å². The van der Waals surface area contributed by atoms with E-state index in [-0.39, 0.29) is 17.7 Å². The third-order valence-corrected chi connectivity index (χ3v) is 1.96. The monoisotopic (exact) mass is 234 g/mol. The van der Waals surface area contributed by atoms with Crippen molar-refractivity contribution in [2.24, 2.45) is 0 Å². The Hall–Kier alpha value is -2.42. The summed E-state index contributed by atoms with van der Waals surface area (Å²) in [4.78, 5) is 36.0. The molecule has 0 saturated heterocycles. The second-order valence-corrected chi connectivity index (χ2v) is 3.15. The van der Waals surface area contributed by atoms with Crippen LogP contribution >= 0.6 is 0 Å². The van der Waals surface area contributed by atoms with E-state index in [0.29, 0.717) is 0 Å². The molecule has 0 aromatic carbocycles. The Bertz CT molecular complexity index is 539. The maximum atomic E-state index is 11.6. The lowest BCUT2D eigenvalue weighted by Crippen LogP contribution is -2.15. The van der Waals surface area contributed by atoms with E-state index < -0.39 is 23.7 Å². The van der Waals surface area contributed by atoms with Crippen molar-refractivity contribution in [3.8, 4) is 6.07 Å². The highest BCUT2D eigenvalue weighted by molar-refractivity contribution is 6.05. The van der Waals surface area contributed by atoms with E-state index >= 15 is 0 Å². The van der Waals surface area contributed by atoms with E-state index in [1.807, 2.05) is 0 Å².